The lowest BCUT2D eigenvalue weighted by Gasteiger charge is -2.22. The Kier molecular flexibility index (Phi) is 4.57. The number of hydrogen-bond acceptors (Lipinski definition) is 8. The van der Waals surface area contributed by atoms with E-state index in [1.165, 1.54) is 17.3 Å². The standard InChI is InChI=1S/C14H18N8O3/c1-8-12(19-20-18-8)14(25)22-3-2-21(6-9(23)7-22)11-5-16-4-10(17-11)13(15)24/h4-5,9,23H,2-3,6-7H2,1H3,(H2,15,24)(H,18,19,20)/t9-/m1/s1. The fourth-order valence-electron chi connectivity index (χ4n) is 2.65. The number of hydrogen-bond donors (Lipinski definition) is 3. The summed E-state index contributed by atoms with van der Waals surface area (Å²) in [6.45, 7) is 2.85. The topological polar surface area (TPSA) is 154 Å². The monoisotopic (exact) mass is 346 g/mol. The molecule has 0 bridgehead atoms. The van der Waals surface area contributed by atoms with Crippen molar-refractivity contribution in [2.24, 2.45) is 5.73 Å². The molecule has 1 aliphatic heterocycles. The lowest BCUT2D eigenvalue weighted by molar-refractivity contribution is 0.0667. The molecule has 2 amide bonds. The number of aliphatic hydroxyl groups excluding tert-OH is 1. The number of anilines is 1. The summed E-state index contributed by atoms with van der Waals surface area (Å²) in [7, 11) is 0. The number of carbonyl (C=O) groups excluding carboxylic acids is 2. The molecule has 11 nitrogen and oxygen atoms in total. The van der Waals surface area contributed by atoms with E-state index in [1.807, 2.05) is 0 Å². The van der Waals surface area contributed by atoms with E-state index >= 15 is 0 Å². The van der Waals surface area contributed by atoms with Crippen molar-refractivity contribution >= 4 is 17.6 Å². The Balaban J connectivity index is 1.77. The van der Waals surface area contributed by atoms with Gasteiger partial charge in [-0.15, -0.1) is 0 Å². The van der Waals surface area contributed by atoms with E-state index in [1.54, 1.807) is 11.8 Å². The molecule has 3 heterocycles. The maximum absolute atomic E-state index is 12.6. The predicted molar refractivity (Wildman–Crippen MR) is 85.8 cm³/mol. The number of carbonyl (C=O) groups is 2. The molecule has 3 rings (SSSR count). The molecule has 11 heteroatoms. The van der Waals surface area contributed by atoms with Crippen LogP contribution in [0.25, 0.3) is 0 Å². The maximum Gasteiger partial charge on any atom is 0.276 e. The highest BCUT2D eigenvalue weighted by atomic mass is 16.3. The third kappa shape index (κ3) is 3.55. The SMILES string of the molecule is Cc1n[nH]nc1C(=O)N1CCN(c2cncc(C(N)=O)n2)C[C@@H](O)C1. The highest BCUT2D eigenvalue weighted by Crippen LogP contribution is 2.15. The summed E-state index contributed by atoms with van der Waals surface area (Å²) < 4.78 is 0. The van der Waals surface area contributed by atoms with E-state index in [-0.39, 0.29) is 30.4 Å². The number of aryl methyl sites for hydroxylation is 1. The van der Waals surface area contributed by atoms with E-state index in [9.17, 15) is 14.7 Å². The third-order valence-corrected chi connectivity index (χ3v) is 3.91. The van der Waals surface area contributed by atoms with Gasteiger partial charge in [0.15, 0.2) is 5.69 Å². The molecule has 4 N–H and O–H groups in total. The Morgan fingerprint density at radius 3 is 2.76 bits per heavy atom. The van der Waals surface area contributed by atoms with Crippen LogP contribution in [-0.4, -0.2) is 79.5 Å². The fourth-order valence-corrected chi connectivity index (χ4v) is 2.65. The Bertz CT molecular complexity index is 792. The average Bonchev–Trinajstić information content (AvgIpc) is 2.92. The molecule has 2 aromatic rings. The first-order valence-electron chi connectivity index (χ1n) is 7.67. The highest BCUT2D eigenvalue weighted by molar-refractivity contribution is 5.93. The molecule has 0 unspecified atom stereocenters. The summed E-state index contributed by atoms with van der Waals surface area (Å²) in [5, 5.41) is 20.4. The van der Waals surface area contributed by atoms with Gasteiger partial charge in [0.1, 0.15) is 11.5 Å². The molecule has 0 radical (unpaired) electrons. The van der Waals surface area contributed by atoms with Gasteiger partial charge in [-0.3, -0.25) is 14.6 Å². The van der Waals surface area contributed by atoms with Crippen molar-refractivity contribution in [1.82, 2.24) is 30.3 Å². The van der Waals surface area contributed by atoms with Crippen molar-refractivity contribution in [1.29, 1.82) is 0 Å². The van der Waals surface area contributed by atoms with E-state index < -0.39 is 12.0 Å². The van der Waals surface area contributed by atoms with E-state index in [2.05, 4.69) is 25.4 Å². The second-order valence-electron chi connectivity index (χ2n) is 5.74. The molecule has 0 saturated carbocycles. The highest BCUT2D eigenvalue weighted by Gasteiger charge is 2.28. The van der Waals surface area contributed by atoms with E-state index in [4.69, 9.17) is 5.73 Å². The molecule has 1 aliphatic rings. The number of nitrogens with zero attached hydrogens (tertiary/aromatic N) is 6. The van der Waals surface area contributed by atoms with Crippen LogP contribution in [0.5, 0.6) is 0 Å². The van der Waals surface area contributed by atoms with Gasteiger partial charge in [-0.2, -0.15) is 15.4 Å². The summed E-state index contributed by atoms with van der Waals surface area (Å²) in [6, 6.07) is 0. The average molecular weight is 346 g/mol. The fraction of sp³-hybridized carbons (Fsp3) is 0.429. The molecule has 1 atom stereocenters. The van der Waals surface area contributed by atoms with Crippen molar-refractivity contribution in [2.75, 3.05) is 31.1 Å². The summed E-state index contributed by atoms with van der Waals surface area (Å²) in [4.78, 5) is 35.2. The van der Waals surface area contributed by atoms with Crippen molar-refractivity contribution < 1.29 is 14.7 Å². The Hall–Kier alpha value is -3.08. The molecule has 132 valence electrons. The van der Waals surface area contributed by atoms with Crippen LogP contribution in [0.4, 0.5) is 5.82 Å². The second kappa shape index (κ2) is 6.81. The lowest BCUT2D eigenvalue weighted by Crippen LogP contribution is -2.38. The van der Waals surface area contributed by atoms with Gasteiger partial charge in [0, 0.05) is 26.2 Å². The number of rotatable bonds is 3. The molecular weight excluding hydrogens is 328 g/mol. The van der Waals surface area contributed by atoms with Gasteiger partial charge < -0.3 is 20.6 Å². The van der Waals surface area contributed by atoms with Gasteiger partial charge in [0.25, 0.3) is 11.8 Å². The number of aliphatic hydroxyl groups is 1. The summed E-state index contributed by atoms with van der Waals surface area (Å²) in [6.07, 6.45) is 1.97. The van der Waals surface area contributed by atoms with Gasteiger partial charge in [0.05, 0.1) is 24.2 Å². The molecule has 25 heavy (non-hydrogen) atoms. The zero-order valence-electron chi connectivity index (χ0n) is 13.6. The normalized spacial score (nSPS) is 18.1. The smallest absolute Gasteiger partial charge is 0.276 e. The van der Waals surface area contributed by atoms with Crippen molar-refractivity contribution in [3.05, 3.63) is 29.5 Å². The number of aromatic nitrogens is 5. The number of H-pyrrole nitrogens is 1. The molecule has 2 aromatic heterocycles. The van der Waals surface area contributed by atoms with E-state index in [0.717, 1.165) is 0 Å². The molecule has 0 aliphatic carbocycles. The third-order valence-electron chi connectivity index (χ3n) is 3.91. The number of aromatic amines is 1. The number of β-amino-alcohol motifs (C(OH)–C–C–N with tert-alkyl or cyclic N) is 1. The summed E-state index contributed by atoms with van der Waals surface area (Å²) >= 11 is 0. The van der Waals surface area contributed by atoms with Crippen LogP contribution >= 0.6 is 0 Å². The minimum absolute atomic E-state index is 0.0439. The number of primary amides is 1. The van der Waals surface area contributed by atoms with Crippen molar-refractivity contribution in [3.8, 4) is 0 Å². The van der Waals surface area contributed by atoms with Gasteiger partial charge in [0.2, 0.25) is 0 Å². The molecule has 0 aromatic carbocycles. The molecule has 0 spiro atoms. The van der Waals surface area contributed by atoms with E-state index in [0.29, 0.717) is 24.6 Å². The zero-order chi connectivity index (χ0) is 18.0. The largest absolute Gasteiger partial charge is 0.389 e. The number of nitrogens with one attached hydrogen (secondary N) is 1. The Morgan fingerprint density at radius 1 is 1.28 bits per heavy atom. The van der Waals surface area contributed by atoms with Gasteiger partial charge in [-0.1, -0.05) is 0 Å². The number of nitrogens with two attached hydrogens (primary N) is 1. The predicted octanol–water partition coefficient (Wildman–Crippen LogP) is -1.67. The van der Waals surface area contributed by atoms with Crippen LogP contribution in [0.3, 0.4) is 0 Å². The first kappa shape index (κ1) is 16.8. The Morgan fingerprint density at radius 2 is 2.08 bits per heavy atom. The first-order valence-corrected chi connectivity index (χ1v) is 7.67. The van der Waals surface area contributed by atoms with Gasteiger partial charge >= 0.3 is 0 Å². The van der Waals surface area contributed by atoms with Crippen molar-refractivity contribution in [3.63, 3.8) is 0 Å². The van der Waals surface area contributed by atoms with Gasteiger partial charge in [-0.05, 0) is 6.92 Å². The minimum Gasteiger partial charge on any atom is -0.389 e. The van der Waals surface area contributed by atoms with Gasteiger partial charge in [-0.25, -0.2) is 4.98 Å². The minimum atomic E-state index is -0.794. The van der Waals surface area contributed by atoms with Crippen molar-refractivity contribution in [2.45, 2.75) is 13.0 Å². The zero-order valence-corrected chi connectivity index (χ0v) is 13.6. The van der Waals surface area contributed by atoms with Crippen LogP contribution in [0.1, 0.15) is 26.7 Å². The summed E-state index contributed by atoms with van der Waals surface area (Å²) in [5.74, 6) is -0.561. The second-order valence-corrected chi connectivity index (χ2v) is 5.74. The summed E-state index contributed by atoms with van der Waals surface area (Å²) in [5.41, 5.74) is 6.00. The quantitative estimate of drug-likeness (QED) is 0.595. The maximum atomic E-state index is 12.6. The van der Waals surface area contributed by atoms with Crippen LogP contribution < -0.4 is 10.6 Å². The van der Waals surface area contributed by atoms with Crippen LogP contribution in [0.15, 0.2) is 12.4 Å². The molecule has 1 fully saturated rings. The lowest BCUT2D eigenvalue weighted by atomic mass is 10.2. The molecule has 1 saturated heterocycles. The van der Waals surface area contributed by atoms with Crippen LogP contribution in [0, 0.1) is 6.92 Å². The molecular formula is C14H18N8O3. The van der Waals surface area contributed by atoms with Crippen LogP contribution in [0.2, 0.25) is 0 Å². The van der Waals surface area contributed by atoms with Crippen LogP contribution in [-0.2, 0) is 0 Å². The first-order chi connectivity index (χ1) is 12.0. The Labute approximate surface area is 142 Å². The number of amides is 2.